The van der Waals surface area contributed by atoms with Crippen molar-refractivity contribution in [3.8, 4) is 5.75 Å². The van der Waals surface area contributed by atoms with E-state index >= 15 is 0 Å². The fourth-order valence-electron chi connectivity index (χ4n) is 2.03. The van der Waals surface area contributed by atoms with Crippen molar-refractivity contribution in [1.29, 1.82) is 0 Å². The second kappa shape index (κ2) is 4.70. The molecular weight excluding hydrogens is 254 g/mol. The van der Waals surface area contributed by atoms with Crippen molar-refractivity contribution in [3.05, 3.63) is 53.7 Å². The van der Waals surface area contributed by atoms with Gasteiger partial charge in [-0.1, -0.05) is 6.07 Å². The predicted octanol–water partition coefficient (Wildman–Crippen LogP) is 2.83. The lowest BCUT2D eigenvalue weighted by Gasteiger charge is -2.08. The van der Waals surface area contributed by atoms with E-state index in [2.05, 4.69) is 15.5 Å². The zero-order chi connectivity index (χ0) is 14.1. The molecule has 0 aliphatic carbocycles. The third kappa shape index (κ3) is 2.21. The van der Waals surface area contributed by atoms with Crippen LogP contribution in [0.3, 0.4) is 0 Å². The van der Waals surface area contributed by atoms with Gasteiger partial charge in [-0.25, -0.2) is 0 Å². The number of benzene rings is 2. The van der Waals surface area contributed by atoms with Gasteiger partial charge in [-0.3, -0.25) is 9.89 Å². The molecule has 5 heteroatoms. The molecule has 0 spiro atoms. The summed E-state index contributed by atoms with van der Waals surface area (Å²) in [7, 11) is 0. The number of amides is 1. The SMILES string of the molecule is Cc1ccc(NC(=O)c2ccc3[nH]ncc3c2)c(O)c1. The summed E-state index contributed by atoms with van der Waals surface area (Å²) >= 11 is 0. The van der Waals surface area contributed by atoms with Crippen LogP contribution in [-0.4, -0.2) is 21.2 Å². The molecule has 0 fully saturated rings. The fourth-order valence-corrected chi connectivity index (χ4v) is 2.03. The van der Waals surface area contributed by atoms with Crippen LogP contribution in [0.1, 0.15) is 15.9 Å². The number of nitrogens with one attached hydrogen (secondary N) is 2. The maximum Gasteiger partial charge on any atom is 0.255 e. The highest BCUT2D eigenvalue weighted by atomic mass is 16.3. The Balaban J connectivity index is 1.88. The lowest BCUT2D eigenvalue weighted by atomic mass is 10.1. The molecule has 0 saturated heterocycles. The van der Waals surface area contributed by atoms with Crippen LogP contribution in [0.15, 0.2) is 42.6 Å². The van der Waals surface area contributed by atoms with Gasteiger partial charge >= 0.3 is 0 Å². The summed E-state index contributed by atoms with van der Waals surface area (Å²) in [6, 6.07) is 10.4. The number of aromatic hydroxyl groups is 1. The molecule has 1 aromatic heterocycles. The van der Waals surface area contributed by atoms with Gasteiger partial charge in [-0.15, -0.1) is 0 Å². The van der Waals surface area contributed by atoms with E-state index in [1.54, 1.807) is 36.5 Å². The number of nitrogens with zero attached hydrogens (tertiary/aromatic N) is 1. The van der Waals surface area contributed by atoms with Gasteiger partial charge in [0.15, 0.2) is 0 Å². The Labute approximate surface area is 115 Å². The van der Waals surface area contributed by atoms with E-state index in [1.165, 1.54) is 0 Å². The van der Waals surface area contributed by atoms with Crippen LogP contribution in [0.4, 0.5) is 5.69 Å². The number of phenolic OH excluding ortho intramolecular Hbond substituents is 1. The first-order valence-electron chi connectivity index (χ1n) is 6.17. The minimum atomic E-state index is -0.271. The van der Waals surface area contributed by atoms with Gasteiger partial charge in [0, 0.05) is 10.9 Å². The fraction of sp³-hybridized carbons (Fsp3) is 0.0667. The van der Waals surface area contributed by atoms with Crippen molar-refractivity contribution in [2.75, 3.05) is 5.32 Å². The lowest BCUT2D eigenvalue weighted by molar-refractivity contribution is 0.102. The molecule has 0 radical (unpaired) electrons. The monoisotopic (exact) mass is 267 g/mol. The number of hydrogen-bond acceptors (Lipinski definition) is 3. The number of rotatable bonds is 2. The average molecular weight is 267 g/mol. The topological polar surface area (TPSA) is 78.0 Å². The van der Waals surface area contributed by atoms with Gasteiger partial charge in [-0.2, -0.15) is 5.10 Å². The summed E-state index contributed by atoms with van der Waals surface area (Å²) in [6.07, 6.45) is 1.66. The number of aromatic amines is 1. The van der Waals surface area contributed by atoms with Crippen molar-refractivity contribution in [2.45, 2.75) is 6.92 Å². The number of hydrogen-bond donors (Lipinski definition) is 3. The molecule has 3 N–H and O–H groups in total. The van der Waals surface area contributed by atoms with Crippen molar-refractivity contribution < 1.29 is 9.90 Å². The summed E-state index contributed by atoms with van der Waals surface area (Å²) in [5.74, 6) is -0.213. The van der Waals surface area contributed by atoms with Crippen LogP contribution in [0.2, 0.25) is 0 Å². The Morgan fingerprint density at radius 2 is 2.10 bits per heavy atom. The quantitative estimate of drug-likeness (QED) is 0.625. The average Bonchev–Trinajstić information content (AvgIpc) is 2.89. The van der Waals surface area contributed by atoms with E-state index in [-0.39, 0.29) is 11.7 Å². The second-order valence-corrected chi connectivity index (χ2v) is 4.65. The molecule has 2 aromatic carbocycles. The highest BCUT2D eigenvalue weighted by Gasteiger charge is 2.10. The van der Waals surface area contributed by atoms with Crippen molar-refractivity contribution in [3.63, 3.8) is 0 Å². The first-order chi connectivity index (χ1) is 9.63. The normalized spacial score (nSPS) is 10.7. The Bertz CT molecular complexity index is 793. The number of H-pyrrole nitrogens is 1. The van der Waals surface area contributed by atoms with Crippen LogP contribution >= 0.6 is 0 Å². The number of carbonyl (C=O) groups is 1. The molecule has 0 atom stereocenters. The number of phenols is 1. The molecule has 3 rings (SSSR count). The van der Waals surface area contributed by atoms with E-state index < -0.39 is 0 Å². The summed E-state index contributed by atoms with van der Waals surface area (Å²) in [5, 5.41) is 20.1. The number of carbonyl (C=O) groups excluding carboxylic acids is 1. The molecule has 3 aromatic rings. The van der Waals surface area contributed by atoms with Gasteiger partial charge < -0.3 is 10.4 Å². The zero-order valence-electron chi connectivity index (χ0n) is 10.8. The summed E-state index contributed by atoms with van der Waals surface area (Å²) < 4.78 is 0. The minimum Gasteiger partial charge on any atom is -0.506 e. The molecule has 20 heavy (non-hydrogen) atoms. The standard InChI is InChI=1S/C15H13N3O2/c1-9-2-4-13(14(19)6-9)17-15(20)10-3-5-12-11(7-10)8-16-18-12/h2-8,19H,1H3,(H,16,18)(H,17,20). The van der Waals surface area contributed by atoms with E-state index in [4.69, 9.17) is 0 Å². The van der Waals surface area contributed by atoms with Gasteiger partial charge in [0.25, 0.3) is 5.91 Å². The third-order valence-corrected chi connectivity index (χ3v) is 3.10. The van der Waals surface area contributed by atoms with Crippen LogP contribution < -0.4 is 5.32 Å². The van der Waals surface area contributed by atoms with E-state index in [9.17, 15) is 9.90 Å². The number of fused-ring (bicyclic) bond motifs is 1. The molecular formula is C15H13N3O2. The summed E-state index contributed by atoms with van der Waals surface area (Å²) in [4.78, 5) is 12.2. The maximum absolute atomic E-state index is 12.2. The first-order valence-corrected chi connectivity index (χ1v) is 6.17. The van der Waals surface area contributed by atoms with Gasteiger partial charge in [-0.05, 0) is 42.8 Å². The Morgan fingerprint density at radius 1 is 1.25 bits per heavy atom. The van der Waals surface area contributed by atoms with Crippen molar-refractivity contribution >= 4 is 22.5 Å². The summed E-state index contributed by atoms with van der Waals surface area (Å²) in [6.45, 7) is 1.87. The zero-order valence-corrected chi connectivity index (χ0v) is 10.8. The summed E-state index contributed by atoms with van der Waals surface area (Å²) in [5.41, 5.74) is 2.71. The Kier molecular flexibility index (Phi) is 2.87. The lowest BCUT2D eigenvalue weighted by Crippen LogP contribution is -2.11. The van der Waals surface area contributed by atoms with E-state index in [0.717, 1.165) is 16.5 Å². The van der Waals surface area contributed by atoms with Crippen LogP contribution in [0.25, 0.3) is 10.9 Å². The van der Waals surface area contributed by atoms with Crippen molar-refractivity contribution in [2.24, 2.45) is 0 Å². The Hall–Kier alpha value is -2.82. The second-order valence-electron chi connectivity index (χ2n) is 4.65. The van der Waals surface area contributed by atoms with Crippen LogP contribution in [-0.2, 0) is 0 Å². The third-order valence-electron chi connectivity index (χ3n) is 3.10. The molecule has 0 saturated carbocycles. The Morgan fingerprint density at radius 3 is 2.90 bits per heavy atom. The minimum absolute atomic E-state index is 0.0581. The molecule has 0 aliphatic heterocycles. The van der Waals surface area contributed by atoms with Crippen molar-refractivity contribution in [1.82, 2.24) is 10.2 Å². The smallest absolute Gasteiger partial charge is 0.255 e. The van der Waals surface area contributed by atoms with Crippen LogP contribution in [0, 0.1) is 6.92 Å². The van der Waals surface area contributed by atoms with Gasteiger partial charge in [0.2, 0.25) is 0 Å². The van der Waals surface area contributed by atoms with Gasteiger partial charge in [0.1, 0.15) is 5.75 Å². The largest absolute Gasteiger partial charge is 0.506 e. The molecule has 0 bridgehead atoms. The predicted molar refractivity (Wildman–Crippen MR) is 76.9 cm³/mol. The highest BCUT2D eigenvalue weighted by molar-refractivity contribution is 6.06. The number of anilines is 1. The molecule has 0 aliphatic rings. The van der Waals surface area contributed by atoms with E-state index in [0.29, 0.717) is 11.3 Å². The van der Waals surface area contributed by atoms with Gasteiger partial charge in [0.05, 0.1) is 17.4 Å². The van der Waals surface area contributed by atoms with Crippen LogP contribution in [0.5, 0.6) is 5.75 Å². The highest BCUT2D eigenvalue weighted by Crippen LogP contribution is 2.24. The molecule has 5 nitrogen and oxygen atoms in total. The maximum atomic E-state index is 12.2. The first kappa shape index (κ1) is 12.2. The molecule has 1 heterocycles. The molecule has 100 valence electrons. The number of aromatic nitrogens is 2. The molecule has 1 amide bonds. The number of aryl methyl sites for hydroxylation is 1. The molecule has 0 unspecified atom stereocenters. The van der Waals surface area contributed by atoms with E-state index in [1.807, 2.05) is 13.0 Å².